The lowest BCUT2D eigenvalue weighted by Crippen LogP contribution is -2.58. The molecule has 0 aliphatic carbocycles. The van der Waals surface area contributed by atoms with Gasteiger partial charge in [0.15, 0.2) is 0 Å². The standard InChI is InChI=1S/C34H41N3O5/c1-6-20-35(23(3)4)32(41)29-34-19-18-33(5,42-34)27(30(39)36(21-7-2)25-16-12-9-13-17-25)28(34)31(40)37(29)26(22-38)24-14-10-8-11-15-24/h6-17,23,26-29,38H,1-2,18-22H2,3-5H3/t26-,27+,28+,29?,33-,34?/m1/s1. The molecule has 6 atom stereocenters. The zero-order chi connectivity index (χ0) is 30.2. The highest BCUT2D eigenvalue weighted by Crippen LogP contribution is 2.64. The first-order valence-electron chi connectivity index (χ1n) is 14.7. The van der Waals surface area contributed by atoms with Crippen LogP contribution in [0.5, 0.6) is 0 Å². The molecule has 1 N–H and O–H groups in total. The summed E-state index contributed by atoms with van der Waals surface area (Å²) in [6.45, 7) is 13.6. The number of carbonyl (C=O) groups excluding carboxylic acids is 3. The number of likely N-dealkylation sites (tertiary alicyclic amines) is 1. The van der Waals surface area contributed by atoms with Crippen molar-refractivity contribution in [3.8, 4) is 0 Å². The van der Waals surface area contributed by atoms with E-state index in [9.17, 15) is 19.5 Å². The van der Waals surface area contributed by atoms with Crippen LogP contribution in [0.3, 0.4) is 0 Å². The molecule has 0 saturated carbocycles. The summed E-state index contributed by atoms with van der Waals surface area (Å²) >= 11 is 0. The van der Waals surface area contributed by atoms with Crippen molar-refractivity contribution in [3.63, 3.8) is 0 Å². The van der Waals surface area contributed by atoms with Gasteiger partial charge in [-0.2, -0.15) is 0 Å². The molecule has 8 heteroatoms. The first-order chi connectivity index (χ1) is 20.1. The van der Waals surface area contributed by atoms with E-state index >= 15 is 0 Å². The van der Waals surface area contributed by atoms with Gasteiger partial charge in [0.25, 0.3) is 0 Å². The smallest absolute Gasteiger partial charge is 0.248 e. The molecular weight excluding hydrogens is 530 g/mol. The van der Waals surface area contributed by atoms with Crippen molar-refractivity contribution in [3.05, 3.63) is 91.5 Å². The summed E-state index contributed by atoms with van der Waals surface area (Å²) < 4.78 is 6.85. The number of anilines is 1. The molecule has 2 bridgehead atoms. The van der Waals surface area contributed by atoms with Crippen LogP contribution in [0.1, 0.15) is 45.2 Å². The number of aliphatic hydroxyl groups excluding tert-OH is 1. The summed E-state index contributed by atoms with van der Waals surface area (Å²) in [5.74, 6) is -2.54. The van der Waals surface area contributed by atoms with Gasteiger partial charge in [-0.1, -0.05) is 60.7 Å². The first kappa shape index (κ1) is 29.7. The van der Waals surface area contributed by atoms with Crippen LogP contribution in [0, 0.1) is 11.8 Å². The van der Waals surface area contributed by atoms with E-state index in [1.807, 2.05) is 81.4 Å². The van der Waals surface area contributed by atoms with Crippen molar-refractivity contribution in [1.82, 2.24) is 9.80 Å². The van der Waals surface area contributed by atoms with E-state index in [2.05, 4.69) is 13.2 Å². The molecule has 3 saturated heterocycles. The van der Waals surface area contributed by atoms with Crippen LogP contribution in [0.25, 0.3) is 0 Å². The van der Waals surface area contributed by atoms with Crippen molar-refractivity contribution >= 4 is 23.4 Å². The van der Waals surface area contributed by atoms with Gasteiger partial charge in [-0.3, -0.25) is 14.4 Å². The van der Waals surface area contributed by atoms with E-state index in [0.29, 0.717) is 30.6 Å². The Balaban J connectivity index is 1.65. The molecule has 0 radical (unpaired) electrons. The van der Waals surface area contributed by atoms with Crippen molar-refractivity contribution in [1.29, 1.82) is 0 Å². The van der Waals surface area contributed by atoms with Gasteiger partial charge >= 0.3 is 0 Å². The monoisotopic (exact) mass is 571 g/mol. The average molecular weight is 572 g/mol. The highest BCUT2D eigenvalue weighted by atomic mass is 16.5. The Labute approximate surface area is 248 Å². The number of nitrogens with zero attached hydrogens (tertiary/aromatic N) is 3. The Morgan fingerprint density at radius 3 is 2.21 bits per heavy atom. The number of fused-ring (bicyclic) bond motifs is 1. The summed E-state index contributed by atoms with van der Waals surface area (Å²) in [6.07, 6.45) is 4.32. The fourth-order valence-electron chi connectivity index (χ4n) is 7.46. The molecule has 8 nitrogen and oxygen atoms in total. The Bertz CT molecular complexity index is 1350. The molecule has 2 unspecified atom stereocenters. The van der Waals surface area contributed by atoms with Crippen LogP contribution in [0.4, 0.5) is 5.69 Å². The third kappa shape index (κ3) is 4.57. The van der Waals surface area contributed by atoms with E-state index in [1.165, 1.54) is 4.90 Å². The largest absolute Gasteiger partial charge is 0.394 e. The van der Waals surface area contributed by atoms with Gasteiger partial charge in [0.1, 0.15) is 11.6 Å². The molecule has 5 rings (SSSR count). The Kier molecular flexibility index (Phi) is 8.14. The molecule has 2 aromatic carbocycles. The lowest BCUT2D eigenvalue weighted by Gasteiger charge is -2.40. The SMILES string of the molecule is C=CCN(C(=O)[C@@H]1[C@H]2C(=O)N([C@H](CO)c3ccccc3)C(C(=O)N(CC=C)C(C)C)C23CC[C@@]1(C)O3)c1ccccc1. The normalized spacial score (nSPS) is 28.5. The minimum Gasteiger partial charge on any atom is -0.394 e. The Morgan fingerprint density at radius 2 is 1.64 bits per heavy atom. The minimum absolute atomic E-state index is 0.167. The molecule has 3 heterocycles. The molecule has 3 aliphatic rings. The third-order valence-electron chi connectivity index (χ3n) is 9.29. The molecule has 222 valence electrons. The van der Waals surface area contributed by atoms with Gasteiger partial charge in [-0.05, 0) is 51.3 Å². The first-order valence-corrected chi connectivity index (χ1v) is 14.7. The predicted octanol–water partition coefficient (Wildman–Crippen LogP) is 4.13. The lowest BCUT2D eigenvalue weighted by atomic mass is 9.66. The van der Waals surface area contributed by atoms with Gasteiger partial charge in [0.05, 0.1) is 30.1 Å². The maximum absolute atomic E-state index is 14.7. The average Bonchev–Trinajstić information content (AvgIpc) is 3.56. The van der Waals surface area contributed by atoms with Crippen LogP contribution >= 0.6 is 0 Å². The van der Waals surface area contributed by atoms with E-state index in [1.54, 1.807) is 22.0 Å². The van der Waals surface area contributed by atoms with Gasteiger partial charge < -0.3 is 24.5 Å². The molecule has 1 spiro atoms. The predicted molar refractivity (Wildman–Crippen MR) is 161 cm³/mol. The topological polar surface area (TPSA) is 90.4 Å². The molecule has 3 fully saturated rings. The summed E-state index contributed by atoms with van der Waals surface area (Å²) in [6, 6.07) is 16.6. The molecule has 2 aromatic rings. The quantitative estimate of drug-likeness (QED) is 0.410. The fraction of sp³-hybridized carbons (Fsp3) is 0.441. The summed E-state index contributed by atoms with van der Waals surface area (Å²) in [5, 5.41) is 10.7. The number of amides is 3. The summed E-state index contributed by atoms with van der Waals surface area (Å²) in [4.78, 5) is 48.7. The number of aliphatic hydroxyl groups is 1. The Hall–Kier alpha value is -3.75. The maximum atomic E-state index is 14.7. The zero-order valence-corrected chi connectivity index (χ0v) is 24.7. The number of hydrogen-bond donors (Lipinski definition) is 1. The third-order valence-corrected chi connectivity index (χ3v) is 9.29. The van der Waals surface area contributed by atoms with Crippen molar-refractivity contribution in [2.24, 2.45) is 11.8 Å². The number of ether oxygens (including phenoxy) is 1. The number of benzene rings is 2. The van der Waals surface area contributed by atoms with Crippen LogP contribution in [-0.2, 0) is 19.1 Å². The minimum atomic E-state index is -1.21. The van der Waals surface area contributed by atoms with Gasteiger partial charge in [0.2, 0.25) is 17.7 Å². The maximum Gasteiger partial charge on any atom is 0.248 e. The second kappa shape index (κ2) is 11.5. The summed E-state index contributed by atoms with van der Waals surface area (Å²) in [5.41, 5.74) is -0.731. The highest BCUT2D eigenvalue weighted by molar-refractivity contribution is 6.03. The van der Waals surface area contributed by atoms with E-state index in [4.69, 9.17) is 4.74 Å². The zero-order valence-electron chi connectivity index (χ0n) is 24.7. The second-order valence-corrected chi connectivity index (χ2v) is 12.0. The molecule has 0 aromatic heterocycles. The van der Waals surface area contributed by atoms with Crippen LogP contribution < -0.4 is 4.90 Å². The molecule has 42 heavy (non-hydrogen) atoms. The van der Waals surface area contributed by atoms with E-state index in [-0.39, 0.29) is 36.9 Å². The number of rotatable bonds is 11. The van der Waals surface area contributed by atoms with Crippen LogP contribution in [0.2, 0.25) is 0 Å². The Morgan fingerprint density at radius 1 is 1.02 bits per heavy atom. The van der Waals surface area contributed by atoms with Crippen molar-refractivity contribution < 1.29 is 24.2 Å². The lowest BCUT2D eigenvalue weighted by molar-refractivity contribution is -0.155. The number of para-hydroxylation sites is 1. The van der Waals surface area contributed by atoms with Gasteiger partial charge in [0, 0.05) is 24.8 Å². The second-order valence-electron chi connectivity index (χ2n) is 12.0. The van der Waals surface area contributed by atoms with E-state index < -0.39 is 35.1 Å². The number of hydrogen-bond acceptors (Lipinski definition) is 5. The fourth-order valence-corrected chi connectivity index (χ4v) is 7.46. The molecule has 3 amide bonds. The van der Waals surface area contributed by atoms with Crippen LogP contribution in [-0.4, -0.2) is 75.6 Å². The summed E-state index contributed by atoms with van der Waals surface area (Å²) in [7, 11) is 0. The van der Waals surface area contributed by atoms with Gasteiger partial charge in [-0.25, -0.2) is 0 Å². The molecular formula is C34H41N3O5. The van der Waals surface area contributed by atoms with Crippen molar-refractivity contribution in [2.75, 3.05) is 24.6 Å². The van der Waals surface area contributed by atoms with E-state index in [0.717, 1.165) is 0 Å². The van der Waals surface area contributed by atoms with Crippen molar-refractivity contribution in [2.45, 2.75) is 62.9 Å². The highest BCUT2D eigenvalue weighted by Gasteiger charge is 2.79. The number of carbonyl (C=O) groups is 3. The molecule has 3 aliphatic heterocycles. The van der Waals surface area contributed by atoms with Gasteiger partial charge in [-0.15, -0.1) is 13.2 Å². The van der Waals surface area contributed by atoms with Crippen LogP contribution in [0.15, 0.2) is 86.0 Å².